The molecule has 1 rings (SSSR count). The predicted octanol–water partition coefficient (Wildman–Crippen LogP) is 1.85. The molecule has 0 fully saturated rings. The molecule has 0 heterocycles. The second-order valence-electron chi connectivity index (χ2n) is 3.95. The van der Waals surface area contributed by atoms with Gasteiger partial charge >= 0.3 is 0 Å². The molecule has 1 aromatic carbocycles. The Kier molecular flexibility index (Phi) is 6.74. The Labute approximate surface area is 108 Å². The van der Waals surface area contributed by atoms with Crippen molar-refractivity contribution in [3.63, 3.8) is 0 Å². The normalized spacial score (nSPS) is 10.2. The number of hydrogen-bond donors (Lipinski definition) is 1. The zero-order valence-electron chi connectivity index (χ0n) is 10.5. The van der Waals surface area contributed by atoms with E-state index >= 15 is 0 Å². The van der Waals surface area contributed by atoms with Crippen LogP contribution in [0.1, 0.15) is 6.42 Å². The molecular weight excluding hydrogens is 232 g/mol. The first-order valence-electron chi connectivity index (χ1n) is 5.79. The number of thioether (sulfide) groups is 1. The average Bonchev–Trinajstić information content (AvgIpc) is 2.34. The molecule has 4 heteroatoms. The summed E-state index contributed by atoms with van der Waals surface area (Å²) in [6.07, 6.45) is 0.572. The summed E-state index contributed by atoms with van der Waals surface area (Å²) in [6.45, 7) is 1.69. The van der Waals surface area contributed by atoms with Crippen LogP contribution in [0.5, 0.6) is 0 Å². The molecule has 0 unspecified atom stereocenters. The van der Waals surface area contributed by atoms with E-state index in [2.05, 4.69) is 17.4 Å². The number of rotatable bonds is 7. The van der Waals surface area contributed by atoms with Gasteiger partial charge in [0.15, 0.2) is 0 Å². The fraction of sp³-hybridized carbons (Fsp3) is 0.462. The maximum Gasteiger partial charge on any atom is 0.223 e. The molecule has 0 aliphatic heterocycles. The summed E-state index contributed by atoms with van der Waals surface area (Å²) in [6, 6.07) is 10.3. The first-order chi connectivity index (χ1) is 8.20. The lowest BCUT2D eigenvalue weighted by molar-refractivity contribution is -0.128. The van der Waals surface area contributed by atoms with Crippen molar-refractivity contribution >= 4 is 17.7 Å². The summed E-state index contributed by atoms with van der Waals surface area (Å²) in [7, 11) is 3.57. The first-order valence-corrected chi connectivity index (χ1v) is 6.77. The van der Waals surface area contributed by atoms with Gasteiger partial charge in [0.2, 0.25) is 5.91 Å². The standard InChI is InChI=1S/C13H20N2OS/c1-15(2)13(16)8-9-14-10-11-17-12-6-4-3-5-7-12/h3-7,14H,8-11H2,1-2H3. The second-order valence-corrected chi connectivity index (χ2v) is 5.12. The zero-order valence-corrected chi connectivity index (χ0v) is 11.3. The lowest BCUT2D eigenvalue weighted by atomic mass is 10.4. The molecule has 1 aromatic rings. The monoisotopic (exact) mass is 252 g/mol. The number of benzene rings is 1. The highest BCUT2D eigenvalue weighted by Crippen LogP contribution is 2.15. The quantitative estimate of drug-likeness (QED) is 0.594. The Morgan fingerprint density at radius 3 is 2.59 bits per heavy atom. The van der Waals surface area contributed by atoms with E-state index in [4.69, 9.17) is 0 Å². The van der Waals surface area contributed by atoms with Gasteiger partial charge in [-0.25, -0.2) is 0 Å². The minimum Gasteiger partial charge on any atom is -0.349 e. The van der Waals surface area contributed by atoms with Crippen LogP contribution in [0.2, 0.25) is 0 Å². The van der Waals surface area contributed by atoms with E-state index in [0.717, 1.165) is 18.8 Å². The Balaban J connectivity index is 2.00. The fourth-order valence-electron chi connectivity index (χ4n) is 1.30. The van der Waals surface area contributed by atoms with Crippen molar-refractivity contribution < 1.29 is 4.79 Å². The number of amides is 1. The molecule has 1 N–H and O–H groups in total. The Morgan fingerprint density at radius 2 is 1.94 bits per heavy atom. The second kappa shape index (κ2) is 8.14. The van der Waals surface area contributed by atoms with E-state index in [1.54, 1.807) is 19.0 Å². The van der Waals surface area contributed by atoms with Crippen LogP contribution < -0.4 is 5.32 Å². The van der Waals surface area contributed by atoms with Gasteiger partial charge in [0.05, 0.1) is 0 Å². The molecule has 1 amide bonds. The van der Waals surface area contributed by atoms with Crippen molar-refractivity contribution in [2.75, 3.05) is 32.9 Å². The maximum atomic E-state index is 11.3. The SMILES string of the molecule is CN(C)C(=O)CCNCCSc1ccccc1. The lowest BCUT2D eigenvalue weighted by Gasteiger charge is -2.10. The molecule has 0 aliphatic carbocycles. The number of hydrogen-bond acceptors (Lipinski definition) is 3. The van der Waals surface area contributed by atoms with Gasteiger partial charge in [-0.15, -0.1) is 11.8 Å². The van der Waals surface area contributed by atoms with Crippen molar-refractivity contribution in [1.82, 2.24) is 10.2 Å². The van der Waals surface area contributed by atoms with Crippen molar-refractivity contribution in [2.45, 2.75) is 11.3 Å². The predicted molar refractivity (Wildman–Crippen MR) is 73.3 cm³/mol. The first kappa shape index (κ1) is 14.1. The highest BCUT2D eigenvalue weighted by atomic mass is 32.2. The van der Waals surface area contributed by atoms with Crippen LogP contribution in [0.25, 0.3) is 0 Å². The molecule has 0 bridgehead atoms. The lowest BCUT2D eigenvalue weighted by Crippen LogP contribution is -2.27. The van der Waals surface area contributed by atoms with Gasteiger partial charge in [0, 0.05) is 44.3 Å². The van der Waals surface area contributed by atoms with Crippen LogP contribution in [-0.4, -0.2) is 43.7 Å². The summed E-state index contributed by atoms with van der Waals surface area (Å²) in [4.78, 5) is 14.2. The molecule has 0 saturated heterocycles. The van der Waals surface area contributed by atoms with Crippen LogP contribution in [0.3, 0.4) is 0 Å². The largest absolute Gasteiger partial charge is 0.349 e. The summed E-state index contributed by atoms with van der Waals surface area (Å²) < 4.78 is 0. The third-order valence-electron chi connectivity index (χ3n) is 2.31. The van der Waals surface area contributed by atoms with E-state index in [9.17, 15) is 4.79 Å². The van der Waals surface area contributed by atoms with Crippen LogP contribution in [0.4, 0.5) is 0 Å². The summed E-state index contributed by atoms with van der Waals surface area (Å²) >= 11 is 1.83. The smallest absolute Gasteiger partial charge is 0.223 e. The van der Waals surface area contributed by atoms with Gasteiger partial charge < -0.3 is 10.2 Å². The van der Waals surface area contributed by atoms with E-state index in [1.807, 2.05) is 30.0 Å². The number of nitrogens with one attached hydrogen (secondary N) is 1. The molecular formula is C13H20N2OS. The summed E-state index contributed by atoms with van der Waals surface area (Å²) in [5.74, 6) is 1.20. The van der Waals surface area contributed by atoms with Crippen molar-refractivity contribution in [3.8, 4) is 0 Å². The molecule has 0 aromatic heterocycles. The minimum atomic E-state index is 0.174. The molecule has 94 valence electrons. The Bertz CT molecular complexity index is 327. The maximum absolute atomic E-state index is 11.3. The fourth-order valence-corrected chi connectivity index (χ4v) is 2.13. The van der Waals surface area contributed by atoms with Gasteiger partial charge in [-0.05, 0) is 12.1 Å². The van der Waals surface area contributed by atoms with Gasteiger partial charge in [0.25, 0.3) is 0 Å². The third-order valence-corrected chi connectivity index (χ3v) is 3.32. The van der Waals surface area contributed by atoms with Crippen molar-refractivity contribution in [3.05, 3.63) is 30.3 Å². The summed E-state index contributed by atoms with van der Waals surface area (Å²) in [5.41, 5.74) is 0. The zero-order chi connectivity index (χ0) is 12.5. The molecule has 0 atom stereocenters. The van der Waals surface area contributed by atoms with E-state index in [1.165, 1.54) is 4.90 Å². The minimum absolute atomic E-state index is 0.174. The Morgan fingerprint density at radius 1 is 1.24 bits per heavy atom. The number of carbonyl (C=O) groups is 1. The molecule has 0 radical (unpaired) electrons. The van der Waals surface area contributed by atoms with Gasteiger partial charge in [-0.3, -0.25) is 4.79 Å². The van der Waals surface area contributed by atoms with Gasteiger partial charge in [-0.2, -0.15) is 0 Å². The van der Waals surface area contributed by atoms with Crippen LogP contribution in [0, 0.1) is 0 Å². The topological polar surface area (TPSA) is 32.3 Å². The van der Waals surface area contributed by atoms with Gasteiger partial charge in [-0.1, -0.05) is 18.2 Å². The highest BCUT2D eigenvalue weighted by Gasteiger charge is 2.01. The number of carbonyl (C=O) groups excluding carboxylic acids is 1. The van der Waals surface area contributed by atoms with E-state index in [0.29, 0.717) is 6.42 Å². The summed E-state index contributed by atoms with van der Waals surface area (Å²) in [5, 5.41) is 3.27. The van der Waals surface area contributed by atoms with Crippen LogP contribution >= 0.6 is 11.8 Å². The third kappa shape index (κ3) is 6.34. The molecule has 0 saturated carbocycles. The molecule has 3 nitrogen and oxygen atoms in total. The van der Waals surface area contributed by atoms with Gasteiger partial charge in [0.1, 0.15) is 0 Å². The Hall–Kier alpha value is -1.00. The van der Waals surface area contributed by atoms with Crippen molar-refractivity contribution in [1.29, 1.82) is 0 Å². The molecule has 17 heavy (non-hydrogen) atoms. The van der Waals surface area contributed by atoms with E-state index < -0.39 is 0 Å². The molecule has 0 aliphatic rings. The number of nitrogens with zero attached hydrogens (tertiary/aromatic N) is 1. The molecule has 0 spiro atoms. The van der Waals surface area contributed by atoms with Crippen molar-refractivity contribution in [2.24, 2.45) is 0 Å². The van der Waals surface area contributed by atoms with Crippen LogP contribution in [0.15, 0.2) is 35.2 Å². The highest BCUT2D eigenvalue weighted by molar-refractivity contribution is 7.99. The van der Waals surface area contributed by atoms with E-state index in [-0.39, 0.29) is 5.91 Å². The van der Waals surface area contributed by atoms with Crippen LogP contribution in [-0.2, 0) is 4.79 Å². The average molecular weight is 252 g/mol.